The molecule has 38 heavy (non-hydrogen) atoms. The number of carbonyl (C=O) groups excluding carboxylic acids is 1. The number of amides is 1. The van der Waals surface area contributed by atoms with Crippen molar-refractivity contribution in [1.82, 2.24) is 14.9 Å². The van der Waals surface area contributed by atoms with E-state index in [2.05, 4.69) is 10.2 Å². The van der Waals surface area contributed by atoms with Crippen LogP contribution >= 0.6 is 0 Å². The second-order valence-corrected chi connectivity index (χ2v) is 12.1. The van der Waals surface area contributed by atoms with Crippen molar-refractivity contribution in [3.8, 4) is 5.69 Å². The molecule has 4 saturated carbocycles. The Balaban J connectivity index is 1.33. The van der Waals surface area contributed by atoms with Crippen LogP contribution in [0, 0.1) is 29.4 Å². The number of halogens is 2. The van der Waals surface area contributed by atoms with Crippen LogP contribution in [-0.2, 0) is 0 Å². The average molecular weight is 519 g/mol. The van der Waals surface area contributed by atoms with Gasteiger partial charge in [-0.1, -0.05) is 0 Å². The molecule has 1 amide bonds. The van der Waals surface area contributed by atoms with Gasteiger partial charge in [0.15, 0.2) is 5.65 Å². The number of rotatable bonds is 4. The highest BCUT2D eigenvalue weighted by molar-refractivity contribution is 5.97. The molecular formula is C30H32F2N4O2. The van der Waals surface area contributed by atoms with Gasteiger partial charge in [-0.05, 0) is 99.8 Å². The highest BCUT2D eigenvalue weighted by Gasteiger charge is 2.51. The molecule has 1 N–H and O–H groups in total. The number of aromatic nitrogens is 2. The molecule has 0 atom stereocenters. The van der Waals surface area contributed by atoms with Gasteiger partial charge in [-0.3, -0.25) is 14.2 Å². The van der Waals surface area contributed by atoms with Gasteiger partial charge in [0, 0.05) is 30.9 Å². The van der Waals surface area contributed by atoms with Crippen molar-refractivity contribution < 1.29 is 13.6 Å². The normalized spacial score (nSPS) is 28.2. The van der Waals surface area contributed by atoms with Crippen molar-refractivity contribution in [3.63, 3.8) is 0 Å². The summed E-state index contributed by atoms with van der Waals surface area (Å²) in [5, 5.41) is 3.52. The molecule has 5 fully saturated rings. The number of nitrogens with one attached hydrogen (secondary N) is 1. The highest BCUT2D eigenvalue weighted by Crippen LogP contribution is 2.55. The third-order valence-corrected chi connectivity index (χ3v) is 9.35. The van der Waals surface area contributed by atoms with Gasteiger partial charge in [0.05, 0.1) is 11.1 Å². The van der Waals surface area contributed by atoms with Crippen molar-refractivity contribution in [2.24, 2.45) is 17.8 Å². The Hall–Kier alpha value is -3.29. The molecular weight excluding hydrogens is 486 g/mol. The number of piperidine rings is 1. The van der Waals surface area contributed by atoms with E-state index in [4.69, 9.17) is 4.98 Å². The van der Waals surface area contributed by atoms with Crippen LogP contribution < -0.4 is 15.6 Å². The molecule has 1 aliphatic heterocycles. The molecule has 0 spiro atoms. The first-order valence-electron chi connectivity index (χ1n) is 14.0. The monoisotopic (exact) mass is 518 g/mol. The summed E-state index contributed by atoms with van der Waals surface area (Å²) in [6.07, 6.45) is 11.3. The van der Waals surface area contributed by atoms with E-state index in [0.29, 0.717) is 23.6 Å². The van der Waals surface area contributed by atoms with E-state index in [9.17, 15) is 14.0 Å². The van der Waals surface area contributed by atoms with Crippen LogP contribution in [0.2, 0.25) is 0 Å². The van der Waals surface area contributed by atoms with Crippen LogP contribution in [0.5, 0.6) is 0 Å². The summed E-state index contributed by atoms with van der Waals surface area (Å²) in [6.45, 7) is 1.72. The molecule has 1 saturated heterocycles. The molecule has 5 aliphatic rings. The molecule has 8 rings (SSSR count). The number of benzene rings is 1. The van der Waals surface area contributed by atoms with Crippen molar-refractivity contribution in [1.29, 1.82) is 0 Å². The lowest BCUT2D eigenvalue weighted by atomic mass is 9.53. The Bertz CT molecular complexity index is 1460. The van der Waals surface area contributed by atoms with E-state index in [1.54, 1.807) is 12.1 Å². The lowest BCUT2D eigenvalue weighted by molar-refractivity contribution is -0.0167. The first-order chi connectivity index (χ1) is 18.4. The smallest absolute Gasteiger partial charge is 0.257 e. The van der Waals surface area contributed by atoms with E-state index in [1.807, 2.05) is 0 Å². The molecule has 8 heteroatoms. The molecule has 0 unspecified atom stereocenters. The standard InChI is InChI=1S/C30H32F2N4O2/c31-21-4-6-25(24(32)13-21)36-17-23(29(38)34-30-14-18-10-19(15-30)12-20(11-18)16-30)27(37)22-5-7-26(33-28(22)36)35-8-2-1-3-9-35/h4-7,13,17-20H,1-3,8-12,14-16H2,(H,34,38). The van der Waals surface area contributed by atoms with E-state index < -0.39 is 23.0 Å². The topological polar surface area (TPSA) is 67.2 Å². The molecule has 198 valence electrons. The summed E-state index contributed by atoms with van der Waals surface area (Å²) in [5.74, 6) is 0.723. The Labute approximate surface area is 220 Å². The van der Waals surface area contributed by atoms with Gasteiger partial charge >= 0.3 is 0 Å². The maximum atomic E-state index is 15.1. The van der Waals surface area contributed by atoms with Crippen LogP contribution in [0.4, 0.5) is 14.6 Å². The van der Waals surface area contributed by atoms with Gasteiger partial charge in [0.1, 0.15) is 23.0 Å². The number of nitrogens with zero attached hydrogens (tertiary/aromatic N) is 3. The Morgan fingerprint density at radius 3 is 2.29 bits per heavy atom. The van der Waals surface area contributed by atoms with Gasteiger partial charge < -0.3 is 10.2 Å². The van der Waals surface area contributed by atoms with Crippen LogP contribution in [0.1, 0.15) is 68.1 Å². The lowest BCUT2D eigenvalue weighted by Crippen LogP contribution is -2.60. The third-order valence-electron chi connectivity index (χ3n) is 9.35. The van der Waals surface area contributed by atoms with Crippen molar-refractivity contribution >= 4 is 22.8 Å². The zero-order valence-electron chi connectivity index (χ0n) is 21.4. The maximum absolute atomic E-state index is 15.1. The molecule has 3 heterocycles. The van der Waals surface area contributed by atoms with Crippen LogP contribution in [0.25, 0.3) is 16.7 Å². The van der Waals surface area contributed by atoms with E-state index in [-0.39, 0.29) is 27.8 Å². The molecule has 4 bridgehead atoms. The minimum atomic E-state index is -0.785. The second kappa shape index (κ2) is 8.89. The zero-order valence-corrected chi connectivity index (χ0v) is 21.4. The molecule has 0 radical (unpaired) electrons. The second-order valence-electron chi connectivity index (χ2n) is 12.1. The molecule has 4 aliphatic carbocycles. The summed E-state index contributed by atoms with van der Waals surface area (Å²) in [5.41, 5.74) is -0.420. The summed E-state index contributed by atoms with van der Waals surface area (Å²) in [6, 6.07) is 6.80. The largest absolute Gasteiger partial charge is 0.357 e. The Morgan fingerprint density at radius 2 is 1.63 bits per heavy atom. The average Bonchev–Trinajstić information content (AvgIpc) is 2.88. The molecule has 3 aromatic rings. The molecule has 6 nitrogen and oxygen atoms in total. The zero-order chi connectivity index (χ0) is 26.0. The minimum absolute atomic E-state index is 0.0375. The fourth-order valence-corrected chi connectivity index (χ4v) is 8.09. The van der Waals surface area contributed by atoms with E-state index in [0.717, 1.165) is 57.7 Å². The summed E-state index contributed by atoms with van der Waals surface area (Å²) >= 11 is 0. The van der Waals surface area contributed by atoms with Gasteiger partial charge in [0.2, 0.25) is 5.43 Å². The maximum Gasteiger partial charge on any atom is 0.257 e. The number of anilines is 1. The first kappa shape index (κ1) is 23.8. The quantitative estimate of drug-likeness (QED) is 0.506. The van der Waals surface area contributed by atoms with Crippen LogP contribution in [0.3, 0.4) is 0 Å². The number of hydrogen-bond acceptors (Lipinski definition) is 4. The number of fused-ring (bicyclic) bond motifs is 1. The van der Waals surface area contributed by atoms with Crippen LogP contribution in [-0.4, -0.2) is 34.1 Å². The summed E-state index contributed by atoms with van der Waals surface area (Å²) in [4.78, 5) is 34.3. The highest BCUT2D eigenvalue weighted by atomic mass is 19.1. The summed E-state index contributed by atoms with van der Waals surface area (Å²) < 4.78 is 30.3. The van der Waals surface area contributed by atoms with Crippen molar-refractivity contribution in [2.75, 3.05) is 18.0 Å². The Morgan fingerprint density at radius 1 is 0.947 bits per heavy atom. The molecule has 1 aromatic carbocycles. The number of carbonyl (C=O) groups is 1. The van der Waals surface area contributed by atoms with Gasteiger partial charge in [-0.2, -0.15) is 0 Å². The van der Waals surface area contributed by atoms with Crippen molar-refractivity contribution in [3.05, 3.63) is 63.9 Å². The number of hydrogen-bond donors (Lipinski definition) is 1. The molecule has 2 aromatic heterocycles. The first-order valence-corrected chi connectivity index (χ1v) is 14.0. The van der Waals surface area contributed by atoms with E-state index in [1.165, 1.54) is 42.2 Å². The summed E-state index contributed by atoms with van der Waals surface area (Å²) in [7, 11) is 0. The predicted octanol–water partition coefficient (Wildman–Crippen LogP) is 5.35. The van der Waals surface area contributed by atoms with Crippen molar-refractivity contribution in [2.45, 2.75) is 63.3 Å². The van der Waals surface area contributed by atoms with Gasteiger partial charge in [-0.25, -0.2) is 13.8 Å². The predicted molar refractivity (Wildman–Crippen MR) is 142 cm³/mol. The lowest BCUT2D eigenvalue weighted by Gasteiger charge is -2.56. The van der Waals surface area contributed by atoms with E-state index >= 15 is 4.39 Å². The third kappa shape index (κ3) is 4.00. The van der Waals surface area contributed by atoms with Gasteiger partial charge in [-0.15, -0.1) is 0 Å². The van der Waals surface area contributed by atoms with Crippen LogP contribution in [0.15, 0.2) is 41.3 Å². The Kier molecular flexibility index (Phi) is 5.57. The fourth-order valence-electron chi connectivity index (χ4n) is 8.09. The number of pyridine rings is 2. The minimum Gasteiger partial charge on any atom is -0.357 e. The SMILES string of the molecule is O=C(NC12CC3CC(CC(C3)C1)C2)c1cn(-c2ccc(F)cc2F)c2nc(N3CCCCC3)ccc2c1=O. The van der Waals surface area contributed by atoms with Gasteiger partial charge in [0.25, 0.3) is 5.91 Å². The fraction of sp³-hybridized carbons (Fsp3) is 0.500.